The van der Waals surface area contributed by atoms with Crippen molar-refractivity contribution in [3.05, 3.63) is 28.8 Å². The minimum absolute atomic E-state index is 0.461. The molecule has 1 N–H and O–H groups in total. The zero-order valence-electron chi connectivity index (χ0n) is 12.1. The minimum Gasteiger partial charge on any atom is -0.389 e. The molecule has 0 amide bonds. The smallest absolute Gasteiger partial charge is 0.0762 e. The maximum atomic E-state index is 9.61. The second kappa shape index (κ2) is 5.92. The molecule has 0 spiro atoms. The third kappa shape index (κ3) is 2.80. The van der Waals surface area contributed by atoms with Gasteiger partial charge in [-0.1, -0.05) is 17.7 Å². The summed E-state index contributed by atoms with van der Waals surface area (Å²) in [4.78, 5) is 5.01. The van der Waals surface area contributed by atoms with Gasteiger partial charge in [0.1, 0.15) is 0 Å². The van der Waals surface area contributed by atoms with E-state index in [-0.39, 0.29) is 0 Å². The highest BCUT2D eigenvalue weighted by atomic mass is 35.5. The third-order valence-corrected chi connectivity index (χ3v) is 4.92. The summed E-state index contributed by atoms with van der Waals surface area (Å²) in [7, 11) is 0. The van der Waals surface area contributed by atoms with E-state index in [2.05, 4.69) is 15.9 Å². The van der Waals surface area contributed by atoms with E-state index in [0.29, 0.717) is 6.04 Å². The van der Waals surface area contributed by atoms with Crippen molar-refractivity contribution in [3.8, 4) is 0 Å². The van der Waals surface area contributed by atoms with E-state index in [0.717, 1.165) is 29.4 Å². The van der Waals surface area contributed by atoms with Crippen molar-refractivity contribution in [2.45, 2.75) is 38.3 Å². The molecule has 0 aromatic heterocycles. The molecule has 2 heterocycles. The first-order valence-electron chi connectivity index (χ1n) is 7.61. The lowest BCUT2D eigenvalue weighted by Gasteiger charge is -2.25. The standard InChI is InChI=1S/C16H23ClN2O/c1-12(20)13-4-5-16(15(17)10-13)19-9-6-14(11-19)18-7-2-3-8-18/h4-5,10,12,14,20H,2-3,6-9,11H2,1H3/t12-,14?/m1/s1. The van der Waals surface area contributed by atoms with Gasteiger partial charge in [-0.15, -0.1) is 0 Å². The van der Waals surface area contributed by atoms with Gasteiger partial charge in [0.15, 0.2) is 0 Å². The molecule has 4 heteroatoms. The molecule has 2 atom stereocenters. The van der Waals surface area contributed by atoms with Crippen LogP contribution in [0.3, 0.4) is 0 Å². The van der Waals surface area contributed by atoms with Crippen molar-refractivity contribution in [2.24, 2.45) is 0 Å². The lowest BCUT2D eigenvalue weighted by molar-refractivity contribution is 0.199. The quantitative estimate of drug-likeness (QED) is 0.928. The Balaban J connectivity index is 1.71. The van der Waals surface area contributed by atoms with Gasteiger partial charge in [-0.25, -0.2) is 0 Å². The Morgan fingerprint density at radius 3 is 2.65 bits per heavy atom. The van der Waals surface area contributed by atoms with E-state index in [1.165, 1.54) is 32.4 Å². The Hall–Kier alpha value is -0.770. The zero-order chi connectivity index (χ0) is 14.1. The van der Waals surface area contributed by atoms with Gasteiger partial charge in [0, 0.05) is 19.1 Å². The Morgan fingerprint density at radius 1 is 1.25 bits per heavy atom. The number of benzene rings is 1. The normalized spacial score (nSPS) is 25.4. The molecule has 0 radical (unpaired) electrons. The molecule has 1 aromatic rings. The molecule has 0 bridgehead atoms. The van der Waals surface area contributed by atoms with Crippen LogP contribution in [0.15, 0.2) is 18.2 Å². The van der Waals surface area contributed by atoms with E-state index in [1.807, 2.05) is 12.1 Å². The number of rotatable bonds is 3. The van der Waals surface area contributed by atoms with Crippen LogP contribution in [0.1, 0.15) is 37.9 Å². The van der Waals surface area contributed by atoms with Crippen LogP contribution in [-0.2, 0) is 0 Å². The van der Waals surface area contributed by atoms with Crippen molar-refractivity contribution < 1.29 is 5.11 Å². The lowest BCUT2D eigenvalue weighted by Crippen LogP contribution is -2.35. The monoisotopic (exact) mass is 294 g/mol. The van der Waals surface area contributed by atoms with Gasteiger partial charge in [-0.05, 0) is 57.0 Å². The lowest BCUT2D eigenvalue weighted by atomic mass is 10.1. The van der Waals surface area contributed by atoms with E-state index in [9.17, 15) is 5.11 Å². The first-order chi connectivity index (χ1) is 9.65. The zero-order valence-corrected chi connectivity index (χ0v) is 12.8. The van der Waals surface area contributed by atoms with E-state index in [4.69, 9.17) is 11.6 Å². The minimum atomic E-state index is -0.461. The molecule has 1 unspecified atom stereocenters. The van der Waals surface area contributed by atoms with Gasteiger partial charge >= 0.3 is 0 Å². The van der Waals surface area contributed by atoms with Gasteiger partial charge in [0.05, 0.1) is 16.8 Å². The fraction of sp³-hybridized carbons (Fsp3) is 0.625. The molecule has 2 fully saturated rings. The fourth-order valence-electron chi connectivity index (χ4n) is 3.40. The van der Waals surface area contributed by atoms with Crippen LogP contribution in [0.5, 0.6) is 0 Å². The molecule has 1 aromatic carbocycles. The second-order valence-corrected chi connectivity index (χ2v) is 6.43. The van der Waals surface area contributed by atoms with Gasteiger partial charge in [-0.2, -0.15) is 0 Å². The van der Waals surface area contributed by atoms with Gasteiger partial charge in [-0.3, -0.25) is 4.90 Å². The molecule has 0 saturated carbocycles. The maximum absolute atomic E-state index is 9.61. The van der Waals surface area contributed by atoms with Crippen molar-refractivity contribution in [3.63, 3.8) is 0 Å². The summed E-state index contributed by atoms with van der Waals surface area (Å²) in [5.74, 6) is 0. The number of nitrogens with zero attached hydrogens (tertiary/aromatic N) is 2. The van der Waals surface area contributed by atoms with Crippen LogP contribution in [-0.4, -0.2) is 42.2 Å². The predicted molar refractivity (Wildman–Crippen MR) is 83.5 cm³/mol. The second-order valence-electron chi connectivity index (χ2n) is 6.02. The number of hydrogen-bond donors (Lipinski definition) is 1. The molecule has 2 saturated heterocycles. The van der Waals surface area contributed by atoms with Gasteiger partial charge in [0.2, 0.25) is 0 Å². The summed E-state index contributed by atoms with van der Waals surface area (Å²) in [6.07, 6.45) is 3.47. The highest BCUT2D eigenvalue weighted by molar-refractivity contribution is 6.33. The number of likely N-dealkylation sites (tertiary alicyclic amines) is 1. The first-order valence-corrected chi connectivity index (χ1v) is 7.99. The number of aliphatic hydroxyl groups is 1. The Kier molecular flexibility index (Phi) is 4.20. The van der Waals surface area contributed by atoms with Crippen molar-refractivity contribution in [1.29, 1.82) is 0 Å². The van der Waals surface area contributed by atoms with E-state index < -0.39 is 6.10 Å². The summed E-state index contributed by atoms with van der Waals surface area (Å²) in [5.41, 5.74) is 1.99. The first kappa shape index (κ1) is 14.2. The average Bonchev–Trinajstić information content (AvgIpc) is 3.09. The molecule has 2 aliphatic rings. The van der Waals surface area contributed by atoms with E-state index in [1.54, 1.807) is 6.92 Å². The van der Waals surface area contributed by atoms with Crippen LogP contribution in [0.2, 0.25) is 5.02 Å². The fourth-order valence-corrected chi connectivity index (χ4v) is 3.71. The maximum Gasteiger partial charge on any atom is 0.0762 e. The van der Waals surface area contributed by atoms with E-state index >= 15 is 0 Å². The molecule has 3 nitrogen and oxygen atoms in total. The number of hydrogen-bond acceptors (Lipinski definition) is 3. The molecule has 20 heavy (non-hydrogen) atoms. The summed E-state index contributed by atoms with van der Waals surface area (Å²) < 4.78 is 0. The average molecular weight is 295 g/mol. The molecule has 110 valence electrons. The number of halogens is 1. The Morgan fingerprint density at radius 2 is 2.00 bits per heavy atom. The van der Waals surface area contributed by atoms with Gasteiger partial charge < -0.3 is 10.0 Å². The summed E-state index contributed by atoms with van der Waals surface area (Å²) in [6.45, 7) is 6.44. The summed E-state index contributed by atoms with van der Waals surface area (Å²) in [6, 6.07) is 6.61. The Labute approximate surface area is 126 Å². The van der Waals surface area contributed by atoms with Gasteiger partial charge in [0.25, 0.3) is 0 Å². The molecule has 2 aliphatic heterocycles. The van der Waals surface area contributed by atoms with Crippen LogP contribution < -0.4 is 4.90 Å². The topological polar surface area (TPSA) is 26.7 Å². The molecule has 3 rings (SSSR count). The van der Waals surface area contributed by atoms with Crippen molar-refractivity contribution in [2.75, 3.05) is 31.1 Å². The summed E-state index contributed by atoms with van der Waals surface area (Å²) >= 11 is 6.39. The predicted octanol–water partition coefficient (Wildman–Crippen LogP) is 3.07. The van der Waals surface area contributed by atoms with Crippen LogP contribution in [0, 0.1) is 0 Å². The number of aliphatic hydroxyl groups excluding tert-OH is 1. The SMILES string of the molecule is C[C@@H](O)c1ccc(N2CCC(N3CCCC3)C2)c(Cl)c1. The highest BCUT2D eigenvalue weighted by Gasteiger charge is 2.30. The highest BCUT2D eigenvalue weighted by Crippen LogP contribution is 2.32. The summed E-state index contributed by atoms with van der Waals surface area (Å²) in [5, 5.41) is 10.4. The van der Waals surface area contributed by atoms with Crippen LogP contribution >= 0.6 is 11.6 Å². The van der Waals surface area contributed by atoms with Crippen molar-refractivity contribution >= 4 is 17.3 Å². The third-order valence-electron chi connectivity index (χ3n) is 4.62. The largest absolute Gasteiger partial charge is 0.389 e. The molecule has 0 aliphatic carbocycles. The van der Waals surface area contributed by atoms with Crippen molar-refractivity contribution in [1.82, 2.24) is 4.90 Å². The van der Waals surface area contributed by atoms with Crippen LogP contribution in [0.25, 0.3) is 0 Å². The molecular weight excluding hydrogens is 272 g/mol. The molecular formula is C16H23ClN2O. The van der Waals surface area contributed by atoms with Crippen LogP contribution in [0.4, 0.5) is 5.69 Å². The Bertz CT molecular complexity index is 472. The number of anilines is 1.